The molecule has 0 aliphatic carbocycles. The minimum atomic E-state index is -0.611. The second-order valence-corrected chi connectivity index (χ2v) is 7.21. The normalized spacial score (nSPS) is 28.0. The molecule has 1 aromatic carbocycles. The highest BCUT2D eigenvalue weighted by atomic mass is 19.1. The smallest absolute Gasteiger partial charge is 0.229 e. The van der Waals surface area contributed by atoms with Crippen LogP contribution >= 0.6 is 0 Å². The molecule has 27 heavy (non-hydrogen) atoms. The van der Waals surface area contributed by atoms with E-state index in [1.165, 1.54) is 12.1 Å². The number of amides is 1. The fraction of sp³-hybridized carbons (Fsp3) is 0.500. The molecule has 3 heterocycles. The number of ether oxygens (including phenoxy) is 1. The van der Waals surface area contributed by atoms with Crippen molar-refractivity contribution in [2.45, 2.75) is 44.6 Å². The number of aryl methyl sites for hydroxylation is 1. The number of carbonyl (C=O) groups excluding carboxylic acids is 1. The van der Waals surface area contributed by atoms with Gasteiger partial charge < -0.3 is 19.3 Å². The van der Waals surface area contributed by atoms with Gasteiger partial charge in [-0.25, -0.2) is 9.37 Å². The third kappa shape index (κ3) is 3.37. The van der Waals surface area contributed by atoms with Gasteiger partial charge in [-0.1, -0.05) is 12.1 Å². The number of aliphatic hydroxyl groups excluding tert-OH is 1. The fourth-order valence-electron chi connectivity index (χ4n) is 4.24. The molecule has 144 valence electrons. The van der Waals surface area contributed by atoms with Crippen molar-refractivity contribution in [3.63, 3.8) is 0 Å². The fourth-order valence-corrected chi connectivity index (χ4v) is 4.24. The number of aliphatic hydroxyl groups is 1. The van der Waals surface area contributed by atoms with Crippen LogP contribution in [0.15, 0.2) is 36.7 Å². The van der Waals surface area contributed by atoms with Crippen LogP contribution in [0.25, 0.3) is 0 Å². The molecule has 0 saturated carbocycles. The van der Waals surface area contributed by atoms with E-state index < -0.39 is 12.2 Å². The molecule has 0 bridgehead atoms. The van der Waals surface area contributed by atoms with Crippen LogP contribution in [-0.4, -0.2) is 44.7 Å². The molecule has 4 rings (SSSR count). The van der Waals surface area contributed by atoms with Crippen LogP contribution in [0.2, 0.25) is 0 Å². The first-order valence-corrected chi connectivity index (χ1v) is 9.45. The van der Waals surface area contributed by atoms with Crippen molar-refractivity contribution in [2.75, 3.05) is 13.2 Å². The Balaban J connectivity index is 1.60. The summed E-state index contributed by atoms with van der Waals surface area (Å²) in [5.74, 6) is 0.0109. The largest absolute Gasteiger partial charge is 0.391 e. The number of rotatable bonds is 4. The van der Waals surface area contributed by atoms with Crippen molar-refractivity contribution >= 4 is 5.91 Å². The summed E-state index contributed by atoms with van der Waals surface area (Å²) >= 11 is 0. The quantitative estimate of drug-likeness (QED) is 0.894. The van der Waals surface area contributed by atoms with E-state index in [2.05, 4.69) is 4.98 Å². The molecular formula is C20H24FN3O3. The zero-order valence-electron chi connectivity index (χ0n) is 15.3. The van der Waals surface area contributed by atoms with E-state index in [0.717, 1.165) is 12.4 Å². The van der Waals surface area contributed by atoms with Gasteiger partial charge in [-0.2, -0.15) is 0 Å². The van der Waals surface area contributed by atoms with Gasteiger partial charge in [0, 0.05) is 32.1 Å². The Bertz CT molecular complexity index is 824. The minimum absolute atomic E-state index is 0.0611. The van der Waals surface area contributed by atoms with Gasteiger partial charge in [0.15, 0.2) is 0 Å². The number of carbonyl (C=O) groups is 1. The zero-order valence-corrected chi connectivity index (χ0v) is 15.3. The van der Waals surface area contributed by atoms with Gasteiger partial charge in [-0.05, 0) is 37.5 Å². The van der Waals surface area contributed by atoms with Gasteiger partial charge in [-0.3, -0.25) is 4.79 Å². The number of β-amino-alcohol motifs (C(OH)–C–C–N with tert-alkyl or cyclic N) is 1. The van der Waals surface area contributed by atoms with Crippen LogP contribution in [-0.2, 0) is 16.1 Å². The van der Waals surface area contributed by atoms with Crippen LogP contribution in [0.3, 0.4) is 0 Å². The van der Waals surface area contributed by atoms with Gasteiger partial charge in [0.05, 0.1) is 18.1 Å². The molecule has 2 saturated heterocycles. The lowest BCUT2D eigenvalue weighted by atomic mass is 9.97. The number of nitrogens with zero attached hydrogens (tertiary/aromatic N) is 3. The molecule has 7 heteroatoms. The van der Waals surface area contributed by atoms with Gasteiger partial charge in [0.1, 0.15) is 17.7 Å². The van der Waals surface area contributed by atoms with Crippen LogP contribution in [0.5, 0.6) is 0 Å². The van der Waals surface area contributed by atoms with E-state index in [-0.39, 0.29) is 30.2 Å². The van der Waals surface area contributed by atoms with Gasteiger partial charge >= 0.3 is 0 Å². The SMILES string of the molecule is CCn1ccnc1[C@@H]1OCC[C@H]1C(=O)N1CC(O)CC1c1cccc(F)c1. The van der Waals surface area contributed by atoms with Crippen LogP contribution in [0, 0.1) is 11.7 Å². The highest BCUT2D eigenvalue weighted by Gasteiger charge is 2.44. The van der Waals surface area contributed by atoms with Gasteiger partial charge in [0.2, 0.25) is 5.91 Å². The average molecular weight is 373 g/mol. The predicted octanol–water partition coefficient (Wildman–Crippen LogP) is 2.45. The topological polar surface area (TPSA) is 67.6 Å². The zero-order chi connectivity index (χ0) is 19.0. The van der Waals surface area contributed by atoms with E-state index in [0.29, 0.717) is 25.0 Å². The Morgan fingerprint density at radius 3 is 3.07 bits per heavy atom. The Morgan fingerprint density at radius 2 is 2.30 bits per heavy atom. The molecule has 1 aromatic heterocycles. The van der Waals surface area contributed by atoms with E-state index in [9.17, 15) is 14.3 Å². The lowest BCUT2D eigenvalue weighted by molar-refractivity contribution is -0.139. The molecule has 0 spiro atoms. The second-order valence-electron chi connectivity index (χ2n) is 7.21. The van der Waals surface area contributed by atoms with E-state index in [1.54, 1.807) is 23.2 Å². The summed E-state index contributed by atoms with van der Waals surface area (Å²) in [5.41, 5.74) is 0.713. The molecule has 1 amide bonds. The standard InChI is InChI=1S/C20H24FN3O3/c1-2-23-8-7-22-19(23)18-16(6-9-27-18)20(26)24-12-15(25)11-17(24)13-4-3-5-14(21)10-13/h3-5,7-8,10,15-18,25H,2,6,9,11-12H2,1H3/t15?,16-,17?,18-/m1/s1. The number of halogens is 1. The highest BCUT2D eigenvalue weighted by Crippen LogP contribution is 2.40. The number of benzene rings is 1. The monoisotopic (exact) mass is 373 g/mol. The van der Waals surface area contributed by atoms with E-state index >= 15 is 0 Å². The molecule has 4 atom stereocenters. The first kappa shape index (κ1) is 18.1. The van der Waals surface area contributed by atoms with Crippen LogP contribution in [0.4, 0.5) is 4.39 Å². The summed E-state index contributed by atoms with van der Waals surface area (Å²) in [4.78, 5) is 19.5. The second kappa shape index (κ2) is 7.40. The number of likely N-dealkylation sites (tertiary alicyclic amines) is 1. The summed E-state index contributed by atoms with van der Waals surface area (Å²) in [6.07, 6.45) is 3.63. The lowest BCUT2D eigenvalue weighted by Crippen LogP contribution is -2.38. The number of imidazole rings is 1. The first-order chi connectivity index (χ1) is 13.1. The Kier molecular flexibility index (Phi) is 4.97. The van der Waals surface area contributed by atoms with Crippen LogP contribution < -0.4 is 0 Å². The molecule has 6 nitrogen and oxygen atoms in total. The lowest BCUT2D eigenvalue weighted by Gasteiger charge is -2.29. The van der Waals surface area contributed by atoms with Crippen LogP contribution in [0.1, 0.15) is 43.3 Å². The van der Waals surface area contributed by atoms with Gasteiger partial charge in [-0.15, -0.1) is 0 Å². The molecular weight excluding hydrogens is 349 g/mol. The average Bonchev–Trinajstić information content (AvgIpc) is 3.39. The molecule has 2 aliphatic rings. The van der Waals surface area contributed by atoms with Crippen molar-refractivity contribution < 1.29 is 19.0 Å². The maximum absolute atomic E-state index is 13.7. The molecule has 2 aromatic rings. The Hall–Kier alpha value is -2.25. The Morgan fingerprint density at radius 1 is 1.44 bits per heavy atom. The third-order valence-electron chi connectivity index (χ3n) is 5.55. The van der Waals surface area contributed by atoms with E-state index in [1.807, 2.05) is 17.7 Å². The molecule has 2 aliphatic heterocycles. The number of hydrogen-bond donors (Lipinski definition) is 1. The van der Waals surface area contributed by atoms with Crippen molar-refractivity contribution in [3.05, 3.63) is 53.9 Å². The summed E-state index contributed by atoms with van der Waals surface area (Å²) in [7, 11) is 0. The summed E-state index contributed by atoms with van der Waals surface area (Å²) in [6.45, 7) is 3.53. The van der Waals surface area contributed by atoms with Crippen molar-refractivity contribution in [1.29, 1.82) is 0 Å². The highest BCUT2D eigenvalue weighted by molar-refractivity contribution is 5.80. The third-order valence-corrected chi connectivity index (χ3v) is 5.55. The van der Waals surface area contributed by atoms with Crippen molar-refractivity contribution in [2.24, 2.45) is 5.92 Å². The van der Waals surface area contributed by atoms with E-state index in [4.69, 9.17) is 4.74 Å². The Labute approximate surface area is 157 Å². The van der Waals surface area contributed by atoms with Crippen molar-refractivity contribution in [3.8, 4) is 0 Å². The summed E-state index contributed by atoms with van der Waals surface area (Å²) in [6, 6.07) is 5.94. The summed E-state index contributed by atoms with van der Waals surface area (Å²) in [5, 5.41) is 10.2. The maximum Gasteiger partial charge on any atom is 0.229 e. The molecule has 0 radical (unpaired) electrons. The molecule has 1 N–H and O–H groups in total. The maximum atomic E-state index is 13.7. The molecule has 2 fully saturated rings. The summed E-state index contributed by atoms with van der Waals surface area (Å²) < 4.78 is 21.5. The molecule has 2 unspecified atom stereocenters. The van der Waals surface area contributed by atoms with Crippen molar-refractivity contribution in [1.82, 2.24) is 14.5 Å². The first-order valence-electron chi connectivity index (χ1n) is 9.45. The number of aromatic nitrogens is 2. The number of hydrogen-bond acceptors (Lipinski definition) is 4. The predicted molar refractivity (Wildman–Crippen MR) is 96.2 cm³/mol. The minimum Gasteiger partial charge on any atom is -0.391 e. The van der Waals surface area contributed by atoms with Gasteiger partial charge in [0.25, 0.3) is 0 Å².